The normalized spacial score (nSPS) is 21.4. The molecule has 140 valence electrons. The number of nitrogens with zero attached hydrogens (tertiary/aromatic N) is 2. The lowest BCUT2D eigenvalue weighted by atomic mass is 9.84. The molecule has 0 radical (unpaired) electrons. The number of ether oxygens (including phenoxy) is 1. The fourth-order valence-electron chi connectivity index (χ4n) is 2.95. The van der Waals surface area contributed by atoms with Crippen molar-refractivity contribution in [2.24, 2.45) is 10.9 Å². The molecule has 2 unspecified atom stereocenters. The number of aliphatic imine (C=N–C) groups is 1. The molecule has 1 amide bonds. The van der Waals surface area contributed by atoms with Gasteiger partial charge < -0.3 is 20.3 Å². The Balaban J connectivity index is 2.52. The second-order valence-electron chi connectivity index (χ2n) is 6.71. The Morgan fingerprint density at radius 2 is 2.08 bits per heavy atom. The van der Waals surface area contributed by atoms with Crippen LogP contribution in [0, 0.1) is 5.92 Å². The first-order valence-corrected chi connectivity index (χ1v) is 9.39. The summed E-state index contributed by atoms with van der Waals surface area (Å²) >= 11 is 0. The molecule has 0 bridgehead atoms. The molecule has 24 heavy (non-hydrogen) atoms. The molecule has 6 heteroatoms. The molecule has 6 nitrogen and oxygen atoms in total. The quantitative estimate of drug-likeness (QED) is 0.383. The van der Waals surface area contributed by atoms with Crippen LogP contribution < -0.4 is 10.6 Å². The molecule has 1 saturated carbocycles. The number of amides is 1. The molecule has 0 saturated heterocycles. The molecule has 1 rings (SSSR count). The van der Waals surface area contributed by atoms with Crippen molar-refractivity contribution in [3.05, 3.63) is 0 Å². The SMILES string of the molecule is CCOCCCNC(=NCC(=O)N(C)C)NC1CCCC(CC)C1. The van der Waals surface area contributed by atoms with Crippen LogP contribution in [0.2, 0.25) is 0 Å². The molecule has 1 aliphatic rings. The standard InChI is InChI=1S/C18H36N4O2/c1-5-15-9-7-10-16(13-15)21-18(19-11-8-12-24-6-2)20-14-17(23)22(3)4/h15-16H,5-14H2,1-4H3,(H2,19,20,21). The summed E-state index contributed by atoms with van der Waals surface area (Å²) in [6.07, 6.45) is 7.14. The fraction of sp³-hybridized carbons (Fsp3) is 0.889. The molecular weight excluding hydrogens is 304 g/mol. The number of hydrogen-bond acceptors (Lipinski definition) is 3. The maximum absolute atomic E-state index is 11.8. The zero-order chi connectivity index (χ0) is 17.8. The third-order valence-corrected chi connectivity index (χ3v) is 4.53. The maximum atomic E-state index is 11.8. The number of guanidine groups is 1. The molecule has 0 aromatic carbocycles. The third-order valence-electron chi connectivity index (χ3n) is 4.53. The lowest BCUT2D eigenvalue weighted by Gasteiger charge is -2.30. The summed E-state index contributed by atoms with van der Waals surface area (Å²) in [7, 11) is 3.51. The summed E-state index contributed by atoms with van der Waals surface area (Å²) in [5.74, 6) is 1.57. The highest BCUT2D eigenvalue weighted by atomic mass is 16.5. The largest absolute Gasteiger partial charge is 0.382 e. The zero-order valence-corrected chi connectivity index (χ0v) is 15.9. The molecule has 1 aliphatic carbocycles. The summed E-state index contributed by atoms with van der Waals surface area (Å²) in [4.78, 5) is 17.8. The van der Waals surface area contributed by atoms with E-state index >= 15 is 0 Å². The average Bonchev–Trinajstić information content (AvgIpc) is 2.58. The van der Waals surface area contributed by atoms with E-state index < -0.39 is 0 Å². The molecule has 0 aromatic heterocycles. The Morgan fingerprint density at radius 1 is 1.29 bits per heavy atom. The predicted octanol–water partition coefficient (Wildman–Crippen LogP) is 2.01. The topological polar surface area (TPSA) is 66.0 Å². The Bertz CT molecular complexity index is 385. The lowest BCUT2D eigenvalue weighted by molar-refractivity contribution is -0.127. The minimum absolute atomic E-state index is 0.0143. The lowest BCUT2D eigenvalue weighted by Crippen LogP contribution is -2.46. The smallest absolute Gasteiger partial charge is 0.243 e. The van der Waals surface area contributed by atoms with Gasteiger partial charge in [-0.05, 0) is 32.1 Å². The Kier molecular flexibility index (Phi) is 10.5. The van der Waals surface area contributed by atoms with Crippen LogP contribution in [0.1, 0.15) is 52.4 Å². The summed E-state index contributed by atoms with van der Waals surface area (Å²) in [6.45, 7) is 6.74. The van der Waals surface area contributed by atoms with Crippen LogP contribution in [-0.2, 0) is 9.53 Å². The van der Waals surface area contributed by atoms with Crippen molar-refractivity contribution >= 4 is 11.9 Å². The van der Waals surface area contributed by atoms with E-state index in [4.69, 9.17) is 4.74 Å². The second kappa shape index (κ2) is 12.1. The molecule has 0 aliphatic heterocycles. The van der Waals surface area contributed by atoms with Crippen molar-refractivity contribution in [3.8, 4) is 0 Å². The number of carbonyl (C=O) groups excluding carboxylic acids is 1. The van der Waals surface area contributed by atoms with Gasteiger partial charge in [0.2, 0.25) is 5.91 Å². The van der Waals surface area contributed by atoms with E-state index in [1.165, 1.54) is 32.1 Å². The van der Waals surface area contributed by atoms with Gasteiger partial charge in [-0.2, -0.15) is 0 Å². The molecule has 2 atom stereocenters. The Labute approximate surface area is 147 Å². The minimum atomic E-state index is 0.0143. The van der Waals surface area contributed by atoms with Crippen LogP contribution in [0.3, 0.4) is 0 Å². The van der Waals surface area contributed by atoms with Crippen LogP contribution in [0.4, 0.5) is 0 Å². The van der Waals surface area contributed by atoms with Crippen molar-refractivity contribution in [1.82, 2.24) is 15.5 Å². The van der Waals surface area contributed by atoms with Gasteiger partial charge >= 0.3 is 0 Å². The number of carbonyl (C=O) groups is 1. The molecule has 0 heterocycles. The van der Waals surface area contributed by atoms with Gasteiger partial charge in [-0.1, -0.05) is 26.2 Å². The van der Waals surface area contributed by atoms with E-state index in [9.17, 15) is 4.79 Å². The number of nitrogens with one attached hydrogen (secondary N) is 2. The van der Waals surface area contributed by atoms with Gasteiger partial charge in [-0.25, -0.2) is 4.99 Å². The summed E-state index contributed by atoms with van der Waals surface area (Å²) < 4.78 is 5.36. The third kappa shape index (κ3) is 8.52. The van der Waals surface area contributed by atoms with Crippen molar-refractivity contribution in [2.45, 2.75) is 58.4 Å². The van der Waals surface area contributed by atoms with Crippen LogP contribution >= 0.6 is 0 Å². The van der Waals surface area contributed by atoms with E-state index in [0.717, 1.165) is 38.1 Å². The first-order valence-electron chi connectivity index (χ1n) is 9.39. The average molecular weight is 341 g/mol. The molecule has 1 fully saturated rings. The predicted molar refractivity (Wildman–Crippen MR) is 99.3 cm³/mol. The van der Waals surface area contributed by atoms with Crippen molar-refractivity contribution < 1.29 is 9.53 Å². The first-order chi connectivity index (χ1) is 11.6. The van der Waals surface area contributed by atoms with Gasteiger partial charge in [0.1, 0.15) is 6.54 Å². The molecule has 0 spiro atoms. The Morgan fingerprint density at radius 3 is 2.75 bits per heavy atom. The minimum Gasteiger partial charge on any atom is -0.382 e. The first kappa shape index (κ1) is 20.7. The van der Waals surface area contributed by atoms with Crippen molar-refractivity contribution in [3.63, 3.8) is 0 Å². The summed E-state index contributed by atoms with van der Waals surface area (Å²) in [6, 6.07) is 0.455. The van der Waals surface area contributed by atoms with Gasteiger partial charge in [-0.15, -0.1) is 0 Å². The van der Waals surface area contributed by atoms with Gasteiger partial charge in [0.15, 0.2) is 5.96 Å². The van der Waals surface area contributed by atoms with E-state index in [2.05, 4.69) is 22.5 Å². The molecule has 2 N–H and O–H groups in total. The van der Waals surface area contributed by atoms with Gasteiger partial charge in [0.25, 0.3) is 0 Å². The maximum Gasteiger partial charge on any atom is 0.243 e. The van der Waals surface area contributed by atoms with Crippen molar-refractivity contribution in [2.75, 3.05) is 40.4 Å². The van der Waals surface area contributed by atoms with E-state index in [0.29, 0.717) is 6.04 Å². The summed E-state index contributed by atoms with van der Waals surface area (Å²) in [5, 5.41) is 6.87. The van der Waals surface area contributed by atoms with Crippen LogP contribution in [0.15, 0.2) is 4.99 Å². The number of rotatable bonds is 9. The highest BCUT2D eigenvalue weighted by Crippen LogP contribution is 2.26. The van der Waals surface area contributed by atoms with Crippen LogP contribution in [0.25, 0.3) is 0 Å². The van der Waals surface area contributed by atoms with Crippen LogP contribution in [-0.4, -0.2) is 63.2 Å². The highest BCUT2D eigenvalue weighted by molar-refractivity contribution is 5.84. The Hall–Kier alpha value is -1.30. The highest BCUT2D eigenvalue weighted by Gasteiger charge is 2.21. The van der Waals surface area contributed by atoms with Crippen LogP contribution in [0.5, 0.6) is 0 Å². The summed E-state index contributed by atoms with van der Waals surface area (Å²) in [5.41, 5.74) is 0. The van der Waals surface area contributed by atoms with E-state index in [1.807, 2.05) is 6.92 Å². The van der Waals surface area contributed by atoms with E-state index in [-0.39, 0.29) is 12.5 Å². The van der Waals surface area contributed by atoms with Gasteiger partial charge in [0, 0.05) is 39.9 Å². The monoisotopic (exact) mass is 340 g/mol. The van der Waals surface area contributed by atoms with Crippen molar-refractivity contribution in [1.29, 1.82) is 0 Å². The molecule has 0 aromatic rings. The number of likely N-dealkylation sites (N-methyl/N-ethyl adjacent to an activating group) is 1. The number of hydrogen-bond donors (Lipinski definition) is 2. The van der Waals surface area contributed by atoms with Gasteiger partial charge in [-0.3, -0.25) is 4.79 Å². The van der Waals surface area contributed by atoms with Gasteiger partial charge in [0.05, 0.1) is 0 Å². The fourth-order valence-corrected chi connectivity index (χ4v) is 2.95. The zero-order valence-electron chi connectivity index (χ0n) is 15.9. The second-order valence-corrected chi connectivity index (χ2v) is 6.71. The van der Waals surface area contributed by atoms with E-state index in [1.54, 1.807) is 19.0 Å². The molecular formula is C18H36N4O2.